The number of halogens is 1. The van der Waals surface area contributed by atoms with Crippen molar-refractivity contribution in [2.75, 3.05) is 12.4 Å². The van der Waals surface area contributed by atoms with Crippen LogP contribution in [0.4, 0.5) is 5.82 Å². The summed E-state index contributed by atoms with van der Waals surface area (Å²) < 4.78 is 5.11. The normalized spacial score (nSPS) is 12.2. The van der Waals surface area contributed by atoms with Gasteiger partial charge < -0.3 is 15.0 Å². The minimum absolute atomic E-state index is 0.348. The van der Waals surface area contributed by atoms with Crippen molar-refractivity contribution >= 4 is 55.8 Å². The summed E-state index contributed by atoms with van der Waals surface area (Å²) >= 11 is 8.21. The molecule has 0 saturated carbocycles. The van der Waals surface area contributed by atoms with Crippen molar-refractivity contribution in [2.45, 2.75) is 25.8 Å². The maximum Gasteiger partial charge on any atom is 0.328 e. The predicted molar refractivity (Wildman–Crippen MR) is 139 cm³/mol. The molecule has 1 atom stereocenters. The number of hydrogen-bond donors (Lipinski definition) is 2. The summed E-state index contributed by atoms with van der Waals surface area (Å²) in [6, 6.07) is 15.3. The van der Waals surface area contributed by atoms with E-state index in [-0.39, 0.29) is 5.97 Å². The van der Waals surface area contributed by atoms with Crippen molar-refractivity contribution in [3.63, 3.8) is 0 Å². The number of aromatic amines is 1. The van der Waals surface area contributed by atoms with E-state index in [0.29, 0.717) is 17.3 Å². The van der Waals surface area contributed by atoms with Crippen molar-refractivity contribution in [3.05, 3.63) is 76.5 Å². The Hall–Kier alpha value is -3.42. The second-order valence-corrected chi connectivity index (χ2v) is 9.42. The number of thiophene rings is 1. The largest absolute Gasteiger partial charge is 0.467 e. The highest BCUT2D eigenvalue weighted by atomic mass is 35.5. The summed E-state index contributed by atoms with van der Waals surface area (Å²) in [5.41, 5.74) is 4.05. The Morgan fingerprint density at radius 3 is 2.74 bits per heavy atom. The molecule has 5 rings (SSSR count). The molecule has 3 aromatic heterocycles. The maximum atomic E-state index is 12.7. The van der Waals surface area contributed by atoms with Gasteiger partial charge >= 0.3 is 5.97 Å². The molecule has 172 valence electrons. The van der Waals surface area contributed by atoms with Gasteiger partial charge in [0.05, 0.1) is 17.5 Å². The Labute approximate surface area is 206 Å². The average molecular weight is 491 g/mol. The molecule has 0 bridgehead atoms. The number of ether oxygens (including phenoxy) is 1. The molecular weight excluding hydrogens is 468 g/mol. The number of rotatable bonds is 7. The van der Waals surface area contributed by atoms with Gasteiger partial charge in [0.2, 0.25) is 0 Å². The molecule has 8 heteroatoms. The van der Waals surface area contributed by atoms with E-state index >= 15 is 0 Å². The Kier molecular flexibility index (Phi) is 6.22. The standard InChI is InChI=1S/C26H23ClN4O2S/c1-3-20-22(16-10-7-11-18-21(16)17(27)13-28-18)23-24(29-14-30-25(23)34-20)31-19(26(32)33-2)12-15-8-5-4-6-9-15/h4-11,13-14,19,28H,3,12H2,1-2H3,(H,29,30,31)/t19-/m1/s1. The van der Waals surface area contributed by atoms with Gasteiger partial charge in [-0.05, 0) is 23.6 Å². The van der Waals surface area contributed by atoms with Crippen molar-refractivity contribution in [1.82, 2.24) is 15.0 Å². The number of benzene rings is 2. The Morgan fingerprint density at radius 2 is 1.97 bits per heavy atom. The zero-order chi connectivity index (χ0) is 23.7. The highest BCUT2D eigenvalue weighted by molar-refractivity contribution is 7.19. The molecule has 0 amide bonds. The summed E-state index contributed by atoms with van der Waals surface area (Å²) in [6.07, 6.45) is 4.64. The lowest BCUT2D eigenvalue weighted by Crippen LogP contribution is -2.33. The second-order valence-electron chi connectivity index (χ2n) is 7.93. The molecule has 2 aromatic carbocycles. The minimum Gasteiger partial charge on any atom is -0.467 e. The summed E-state index contributed by atoms with van der Waals surface area (Å²) in [7, 11) is 1.40. The van der Waals surface area contributed by atoms with E-state index in [9.17, 15) is 4.79 Å². The van der Waals surface area contributed by atoms with Crippen LogP contribution in [-0.4, -0.2) is 34.1 Å². The summed E-state index contributed by atoms with van der Waals surface area (Å²) in [4.78, 5) is 27.1. The van der Waals surface area contributed by atoms with Gasteiger partial charge in [-0.3, -0.25) is 0 Å². The van der Waals surface area contributed by atoms with Gasteiger partial charge in [0.1, 0.15) is 23.0 Å². The molecule has 2 N–H and O–H groups in total. The van der Waals surface area contributed by atoms with Crippen molar-refractivity contribution < 1.29 is 9.53 Å². The number of aryl methyl sites for hydroxylation is 1. The number of methoxy groups -OCH3 is 1. The highest BCUT2D eigenvalue weighted by Crippen LogP contribution is 2.45. The van der Waals surface area contributed by atoms with Gasteiger partial charge in [0, 0.05) is 34.0 Å². The van der Waals surface area contributed by atoms with Gasteiger partial charge in [-0.1, -0.05) is 61.0 Å². The molecule has 0 aliphatic rings. The fourth-order valence-corrected chi connectivity index (χ4v) is 5.68. The maximum absolute atomic E-state index is 12.7. The molecule has 0 unspecified atom stereocenters. The topological polar surface area (TPSA) is 79.9 Å². The van der Waals surface area contributed by atoms with Crippen LogP contribution in [0.1, 0.15) is 17.4 Å². The number of nitrogens with one attached hydrogen (secondary N) is 2. The molecular formula is C26H23ClN4O2S. The molecule has 3 heterocycles. The minimum atomic E-state index is -0.602. The summed E-state index contributed by atoms with van der Waals surface area (Å²) in [5, 5.41) is 5.87. The van der Waals surface area contributed by atoms with Crippen LogP contribution in [0.25, 0.3) is 32.2 Å². The molecule has 5 aromatic rings. The van der Waals surface area contributed by atoms with Gasteiger partial charge in [-0.15, -0.1) is 11.3 Å². The van der Waals surface area contributed by atoms with Gasteiger partial charge in [-0.25, -0.2) is 14.8 Å². The predicted octanol–water partition coefficient (Wildman–Crippen LogP) is 6.25. The molecule has 0 saturated heterocycles. The number of esters is 1. The monoisotopic (exact) mass is 490 g/mol. The van der Waals surface area contributed by atoms with E-state index in [0.717, 1.165) is 44.2 Å². The van der Waals surface area contributed by atoms with Crippen LogP contribution in [0.3, 0.4) is 0 Å². The van der Waals surface area contributed by atoms with Crippen LogP contribution in [0.15, 0.2) is 61.1 Å². The number of carbonyl (C=O) groups is 1. The van der Waals surface area contributed by atoms with E-state index in [4.69, 9.17) is 16.3 Å². The van der Waals surface area contributed by atoms with Crippen molar-refractivity contribution in [1.29, 1.82) is 0 Å². The quantitative estimate of drug-likeness (QED) is 0.263. The Morgan fingerprint density at radius 1 is 1.15 bits per heavy atom. The third kappa shape index (κ3) is 4.02. The molecule has 0 spiro atoms. The van der Waals surface area contributed by atoms with Gasteiger partial charge in [-0.2, -0.15) is 0 Å². The molecule has 6 nitrogen and oxygen atoms in total. The molecule has 0 fully saturated rings. The first-order valence-electron chi connectivity index (χ1n) is 11.0. The second kappa shape index (κ2) is 9.44. The first-order chi connectivity index (χ1) is 16.6. The first-order valence-corrected chi connectivity index (χ1v) is 12.2. The number of carbonyl (C=O) groups excluding carboxylic acids is 1. The number of hydrogen-bond acceptors (Lipinski definition) is 6. The SMILES string of the molecule is CCc1sc2ncnc(N[C@H](Cc3ccccc3)C(=O)OC)c2c1-c1cccc2[nH]cc(Cl)c12. The molecule has 34 heavy (non-hydrogen) atoms. The van der Waals surface area contributed by atoms with Crippen LogP contribution >= 0.6 is 22.9 Å². The molecule has 0 radical (unpaired) electrons. The summed E-state index contributed by atoms with van der Waals surface area (Å²) in [5.74, 6) is 0.254. The van der Waals surface area contributed by atoms with Crippen LogP contribution in [-0.2, 0) is 22.4 Å². The molecule has 0 aliphatic heterocycles. The number of aromatic nitrogens is 3. The van der Waals surface area contributed by atoms with Crippen LogP contribution in [0.5, 0.6) is 0 Å². The van der Waals surface area contributed by atoms with Gasteiger partial charge in [0.25, 0.3) is 0 Å². The van der Waals surface area contributed by atoms with E-state index in [1.54, 1.807) is 17.5 Å². The van der Waals surface area contributed by atoms with E-state index in [1.165, 1.54) is 18.3 Å². The van der Waals surface area contributed by atoms with E-state index in [1.807, 2.05) is 42.5 Å². The Bertz CT molecular complexity index is 1480. The number of anilines is 1. The Balaban J connectivity index is 1.67. The smallest absolute Gasteiger partial charge is 0.328 e. The van der Waals surface area contributed by atoms with Crippen molar-refractivity contribution in [3.8, 4) is 11.1 Å². The number of nitrogens with zero attached hydrogens (tertiary/aromatic N) is 2. The van der Waals surface area contributed by atoms with E-state index < -0.39 is 6.04 Å². The average Bonchev–Trinajstić information content (AvgIpc) is 3.44. The van der Waals surface area contributed by atoms with E-state index in [2.05, 4.69) is 33.3 Å². The van der Waals surface area contributed by atoms with Crippen molar-refractivity contribution in [2.24, 2.45) is 0 Å². The zero-order valence-corrected chi connectivity index (χ0v) is 20.3. The third-order valence-corrected chi connectivity index (χ3v) is 7.43. The molecule has 0 aliphatic carbocycles. The third-order valence-electron chi connectivity index (χ3n) is 5.89. The first kappa shape index (κ1) is 22.4. The zero-order valence-electron chi connectivity index (χ0n) is 18.8. The number of H-pyrrole nitrogens is 1. The highest BCUT2D eigenvalue weighted by Gasteiger charge is 2.25. The lowest BCUT2D eigenvalue weighted by Gasteiger charge is -2.18. The van der Waals surface area contributed by atoms with Crippen LogP contribution in [0.2, 0.25) is 5.02 Å². The fourth-order valence-electron chi connectivity index (χ4n) is 4.32. The van der Waals surface area contributed by atoms with Crippen LogP contribution < -0.4 is 5.32 Å². The fraction of sp³-hybridized carbons (Fsp3) is 0.192. The number of fused-ring (bicyclic) bond motifs is 2. The lowest BCUT2D eigenvalue weighted by molar-refractivity contribution is -0.141. The summed E-state index contributed by atoms with van der Waals surface area (Å²) in [6.45, 7) is 2.13. The van der Waals surface area contributed by atoms with Crippen LogP contribution in [0, 0.1) is 0 Å². The lowest BCUT2D eigenvalue weighted by atomic mass is 9.98. The van der Waals surface area contributed by atoms with Gasteiger partial charge in [0.15, 0.2) is 0 Å².